The van der Waals surface area contributed by atoms with Crippen LogP contribution in [-0.2, 0) is 6.42 Å². The Morgan fingerprint density at radius 3 is 1.33 bits per heavy atom. The zero-order chi connectivity index (χ0) is 47.1. The van der Waals surface area contributed by atoms with Crippen LogP contribution >= 0.6 is 0 Å². The van der Waals surface area contributed by atoms with Crippen molar-refractivity contribution < 1.29 is 0 Å². The molecule has 70 heavy (non-hydrogen) atoms. The summed E-state index contributed by atoms with van der Waals surface area (Å²) in [6, 6.07) is 93.8. The standard InChI is InChI=1S/C69H58N/c1-2-65-67(64-46-39-52-20-12-13-23-63(52)47-64)48-68(70-69(65)62-21-10-5-11-22-62)61-44-37-58(38-45-61)53-27-25-49(26-28-53)15-14-24-66(59-40-33-55(34-41-59)51-18-8-4-9-19-51)60-42-35-57(36-43-60)56-31-29-54(30-32-56)50-16-6-3-7-17-50/h3-13,16-23,25-48,65-67,69H,2,14-15,24H2,1H3/q-1. The summed E-state index contributed by atoms with van der Waals surface area (Å²) >= 11 is 0. The molecule has 10 aromatic carbocycles. The highest BCUT2D eigenvalue weighted by Crippen LogP contribution is 2.51. The lowest BCUT2D eigenvalue weighted by molar-refractivity contribution is 0.404. The number of aryl methyl sites for hydroxylation is 1. The van der Waals surface area contributed by atoms with Crippen LogP contribution in [0.1, 0.15) is 77.4 Å². The molecule has 0 bridgehead atoms. The highest BCUT2D eigenvalue weighted by atomic mass is 15.0. The normalized spacial score (nSPS) is 16.0. The second kappa shape index (κ2) is 20.7. The van der Waals surface area contributed by atoms with Crippen LogP contribution < -0.4 is 0 Å². The summed E-state index contributed by atoms with van der Waals surface area (Å²) in [7, 11) is 0. The van der Waals surface area contributed by atoms with Crippen molar-refractivity contribution in [2.24, 2.45) is 5.92 Å². The smallest absolute Gasteiger partial charge is 0.00894 e. The van der Waals surface area contributed by atoms with Crippen molar-refractivity contribution in [1.29, 1.82) is 0 Å². The predicted molar refractivity (Wildman–Crippen MR) is 297 cm³/mol. The summed E-state index contributed by atoms with van der Waals surface area (Å²) in [6.45, 7) is 2.32. The molecule has 0 aliphatic carbocycles. The average Bonchev–Trinajstić information content (AvgIpc) is 3.45. The maximum atomic E-state index is 5.51. The van der Waals surface area contributed by atoms with Crippen LogP contribution in [0.4, 0.5) is 0 Å². The molecule has 11 rings (SSSR count). The van der Waals surface area contributed by atoms with Crippen LogP contribution in [0.2, 0.25) is 0 Å². The van der Waals surface area contributed by atoms with Crippen LogP contribution in [-0.4, -0.2) is 0 Å². The van der Waals surface area contributed by atoms with Crippen molar-refractivity contribution in [3.05, 3.63) is 300 Å². The van der Waals surface area contributed by atoms with E-state index in [4.69, 9.17) is 5.32 Å². The Morgan fingerprint density at radius 1 is 0.386 bits per heavy atom. The van der Waals surface area contributed by atoms with E-state index in [0.717, 1.165) is 36.9 Å². The van der Waals surface area contributed by atoms with Crippen molar-refractivity contribution in [1.82, 2.24) is 0 Å². The highest BCUT2D eigenvalue weighted by molar-refractivity contribution is 5.84. The average molecular weight is 901 g/mol. The van der Waals surface area contributed by atoms with Gasteiger partial charge in [0.1, 0.15) is 0 Å². The van der Waals surface area contributed by atoms with Gasteiger partial charge in [-0.1, -0.05) is 286 Å². The number of fused-ring (bicyclic) bond motifs is 1. The third-order valence-electron chi connectivity index (χ3n) is 14.7. The Hall–Kier alpha value is -8.00. The summed E-state index contributed by atoms with van der Waals surface area (Å²) < 4.78 is 0. The molecule has 1 aliphatic heterocycles. The highest BCUT2D eigenvalue weighted by Gasteiger charge is 2.28. The third kappa shape index (κ3) is 9.80. The quantitative estimate of drug-likeness (QED) is 0.103. The molecule has 0 radical (unpaired) electrons. The van der Waals surface area contributed by atoms with E-state index in [0.29, 0.717) is 11.8 Å². The molecule has 4 unspecified atom stereocenters. The van der Waals surface area contributed by atoms with Crippen molar-refractivity contribution in [2.45, 2.75) is 50.5 Å². The summed E-state index contributed by atoms with van der Waals surface area (Å²) in [5, 5.41) is 8.08. The summed E-state index contributed by atoms with van der Waals surface area (Å²) in [5.74, 6) is 0.913. The van der Waals surface area contributed by atoms with E-state index in [1.165, 1.54) is 83.1 Å². The molecule has 0 spiro atoms. The SMILES string of the molecule is CCC1C(c2ccc3ccccc3c2)C=C(c2ccc(-c3ccc(CCCC(c4ccc(-c5ccccc5)cc4)c4ccc(-c5ccc(-c6ccccc6)cc5)cc4)cc3)cc2)[N-]C1c1ccccc1. The first-order chi connectivity index (χ1) is 34.6. The number of hydrogen-bond acceptors (Lipinski definition) is 0. The largest absolute Gasteiger partial charge is 0.678 e. The fraction of sp³-hybridized carbons (Fsp3) is 0.130. The van der Waals surface area contributed by atoms with E-state index in [1.54, 1.807) is 0 Å². The van der Waals surface area contributed by atoms with Gasteiger partial charge in [-0.25, -0.2) is 0 Å². The van der Waals surface area contributed by atoms with E-state index >= 15 is 0 Å². The van der Waals surface area contributed by atoms with E-state index in [2.05, 4.69) is 268 Å². The molecule has 0 amide bonds. The van der Waals surface area contributed by atoms with Crippen LogP contribution in [0.3, 0.4) is 0 Å². The second-order valence-corrected chi connectivity index (χ2v) is 19.0. The summed E-state index contributed by atoms with van der Waals surface area (Å²) in [5.41, 5.74) is 18.9. The maximum Gasteiger partial charge on any atom is 0.00894 e. The van der Waals surface area contributed by atoms with Gasteiger partial charge in [-0.05, 0) is 108 Å². The molecule has 0 saturated carbocycles. The van der Waals surface area contributed by atoms with Crippen molar-refractivity contribution in [3.63, 3.8) is 0 Å². The minimum Gasteiger partial charge on any atom is -0.678 e. The molecule has 0 aromatic heterocycles. The van der Waals surface area contributed by atoms with Gasteiger partial charge in [0.15, 0.2) is 0 Å². The Morgan fingerprint density at radius 2 is 0.814 bits per heavy atom. The van der Waals surface area contributed by atoms with Gasteiger partial charge in [-0.2, -0.15) is 0 Å². The minimum absolute atomic E-state index is 0.0835. The molecule has 4 atom stereocenters. The van der Waals surface area contributed by atoms with Crippen molar-refractivity contribution in [3.8, 4) is 44.5 Å². The molecule has 1 aliphatic rings. The first kappa shape index (κ1) is 44.5. The molecular formula is C69H58N-. The summed E-state index contributed by atoms with van der Waals surface area (Å²) in [4.78, 5) is 0. The molecule has 0 N–H and O–H groups in total. The van der Waals surface area contributed by atoms with E-state index in [-0.39, 0.29) is 12.0 Å². The molecular weight excluding hydrogens is 843 g/mol. The van der Waals surface area contributed by atoms with Gasteiger partial charge < -0.3 is 5.32 Å². The lowest BCUT2D eigenvalue weighted by Crippen LogP contribution is -2.23. The van der Waals surface area contributed by atoms with E-state index in [1.807, 2.05) is 0 Å². The molecule has 1 heterocycles. The Bertz CT molecular complexity index is 3300. The van der Waals surface area contributed by atoms with Gasteiger partial charge >= 0.3 is 0 Å². The Labute approximate surface area is 414 Å². The zero-order valence-electron chi connectivity index (χ0n) is 39.9. The van der Waals surface area contributed by atoms with Gasteiger partial charge in [0, 0.05) is 11.8 Å². The molecule has 1 heteroatoms. The van der Waals surface area contributed by atoms with E-state index < -0.39 is 0 Å². The van der Waals surface area contributed by atoms with Crippen LogP contribution in [0, 0.1) is 5.92 Å². The number of benzene rings is 10. The number of nitrogens with zero attached hydrogens (tertiary/aromatic N) is 1. The fourth-order valence-corrected chi connectivity index (χ4v) is 10.8. The molecule has 340 valence electrons. The van der Waals surface area contributed by atoms with Gasteiger partial charge in [0.2, 0.25) is 0 Å². The molecule has 1 nitrogen and oxygen atoms in total. The topological polar surface area (TPSA) is 14.1 Å². The fourth-order valence-electron chi connectivity index (χ4n) is 10.8. The van der Waals surface area contributed by atoms with Crippen molar-refractivity contribution >= 4 is 16.5 Å². The van der Waals surface area contributed by atoms with Crippen LogP contribution in [0.25, 0.3) is 66.3 Å². The first-order valence-corrected chi connectivity index (χ1v) is 25.2. The number of rotatable bonds is 14. The lowest BCUT2D eigenvalue weighted by atomic mass is 9.74. The van der Waals surface area contributed by atoms with E-state index in [9.17, 15) is 0 Å². The van der Waals surface area contributed by atoms with Gasteiger partial charge in [0.05, 0.1) is 0 Å². The zero-order valence-corrected chi connectivity index (χ0v) is 39.9. The van der Waals surface area contributed by atoms with Crippen molar-refractivity contribution in [2.75, 3.05) is 0 Å². The summed E-state index contributed by atoms with van der Waals surface area (Å²) in [6.07, 6.45) is 6.66. The molecule has 10 aromatic rings. The second-order valence-electron chi connectivity index (χ2n) is 19.0. The Balaban J connectivity index is 0.794. The number of allylic oxidation sites excluding steroid dienone is 1. The molecule has 0 fully saturated rings. The Kier molecular flexibility index (Phi) is 13.2. The van der Waals surface area contributed by atoms with Crippen LogP contribution in [0.15, 0.2) is 261 Å². The minimum atomic E-state index is 0.0835. The van der Waals surface area contributed by atoms with Gasteiger partial charge in [0.25, 0.3) is 0 Å². The van der Waals surface area contributed by atoms with Gasteiger partial charge in [-0.15, -0.1) is 5.70 Å². The van der Waals surface area contributed by atoms with Crippen LogP contribution in [0.5, 0.6) is 0 Å². The third-order valence-corrected chi connectivity index (χ3v) is 14.7. The first-order valence-electron chi connectivity index (χ1n) is 25.2. The monoisotopic (exact) mass is 900 g/mol. The maximum absolute atomic E-state index is 5.51. The predicted octanol–water partition coefficient (Wildman–Crippen LogP) is 18.9. The lowest BCUT2D eigenvalue weighted by Gasteiger charge is -2.49. The molecule has 0 saturated heterocycles. The number of hydrogen-bond donors (Lipinski definition) is 0. The van der Waals surface area contributed by atoms with Gasteiger partial charge in [-0.3, -0.25) is 0 Å².